The van der Waals surface area contributed by atoms with Crippen LogP contribution < -0.4 is 4.74 Å². The molecular weight excluding hydrogens is 374 g/mol. The predicted molar refractivity (Wildman–Crippen MR) is 109 cm³/mol. The van der Waals surface area contributed by atoms with Crippen molar-refractivity contribution in [1.29, 1.82) is 0 Å². The number of ketones is 1. The minimum absolute atomic E-state index is 0.0479. The summed E-state index contributed by atoms with van der Waals surface area (Å²) in [5.41, 5.74) is 0.657. The summed E-state index contributed by atoms with van der Waals surface area (Å²) in [7, 11) is 0. The summed E-state index contributed by atoms with van der Waals surface area (Å²) in [6.07, 6.45) is 1.65. The van der Waals surface area contributed by atoms with Gasteiger partial charge in [0.1, 0.15) is 17.3 Å². The van der Waals surface area contributed by atoms with E-state index in [2.05, 4.69) is 24.0 Å². The first kappa shape index (κ1) is 20.2. The molecule has 0 saturated heterocycles. The van der Waals surface area contributed by atoms with Gasteiger partial charge in [0.2, 0.25) is 0 Å². The fourth-order valence-electron chi connectivity index (χ4n) is 2.85. The Labute approximate surface area is 169 Å². The molecule has 148 valence electrons. The van der Waals surface area contributed by atoms with Crippen LogP contribution in [0.15, 0.2) is 52.2 Å². The van der Waals surface area contributed by atoms with Gasteiger partial charge in [0, 0.05) is 11.5 Å². The van der Waals surface area contributed by atoms with Crippen LogP contribution in [0.3, 0.4) is 0 Å². The molecule has 3 aromatic rings. The summed E-state index contributed by atoms with van der Waals surface area (Å²) in [5, 5.41) is 9.09. The monoisotopic (exact) mass is 399 g/mol. The molecule has 7 heteroatoms. The van der Waals surface area contributed by atoms with Gasteiger partial charge in [-0.05, 0) is 50.2 Å². The molecular formula is C21H25N3O3S. The van der Waals surface area contributed by atoms with E-state index >= 15 is 0 Å². The molecule has 0 bridgehead atoms. The highest BCUT2D eigenvalue weighted by atomic mass is 32.2. The van der Waals surface area contributed by atoms with Crippen molar-refractivity contribution in [2.75, 3.05) is 6.61 Å². The fourth-order valence-corrected chi connectivity index (χ4v) is 3.78. The number of Topliss-reactive ketones (excluding diaryl/α,β-unsaturated/α-hetero) is 1. The molecule has 1 atom stereocenters. The highest BCUT2D eigenvalue weighted by molar-refractivity contribution is 8.00. The van der Waals surface area contributed by atoms with Gasteiger partial charge in [-0.1, -0.05) is 25.6 Å². The molecule has 3 rings (SSSR count). The van der Waals surface area contributed by atoms with Crippen LogP contribution in [0, 0.1) is 0 Å². The molecule has 0 saturated carbocycles. The molecule has 0 aliphatic carbocycles. The van der Waals surface area contributed by atoms with Crippen molar-refractivity contribution in [3.8, 4) is 5.75 Å². The second-order valence-electron chi connectivity index (χ2n) is 6.74. The first-order valence-corrected chi connectivity index (χ1v) is 10.3. The van der Waals surface area contributed by atoms with Crippen molar-refractivity contribution in [2.24, 2.45) is 0 Å². The maximum atomic E-state index is 12.8. The second kappa shape index (κ2) is 9.10. The van der Waals surface area contributed by atoms with Crippen LogP contribution in [-0.2, 0) is 6.54 Å². The zero-order valence-corrected chi connectivity index (χ0v) is 17.4. The minimum atomic E-state index is -0.294. The van der Waals surface area contributed by atoms with Crippen LogP contribution in [0.25, 0.3) is 0 Å². The van der Waals surface area contributed by atoms with Crippen molar-refractivity contribution in [3.05, 3.63) is 59.8 Å². The maximum absolute atomic E-state index is 12.8. The predicted octanol–water partition coefficient (Wildman–Crippen LogP) is 4.81. The first-order chi connectivity index (χ1) is 13.5. The zero-order chi connectivity index (χ0) is 20.1. The van der Waals surface area contributed by atoms with Crippen LogP contribution in [0.4, 0.5) is 0 Å². The average Bonchev–Trinajstić information content (AvgIpc) is 3.33. The molecule has 0 aliphatic rings. The van der Waals surface area contributed by atoms with E-state index < -0.39 is 0 Å². The molecule has 2 aromatic heterocycles. The number of carbonyl (C=O) groups excluding carboxylic acids is 1. The van der Waals surface area contributed by atoms with E-state index in [1.165, 1.54) is 11.8 Å². The number of rotatable bonds is 9. The Hall–Kier alpha value is -2.54. The Morgan fingerprint density at radius 3 is 2.54 bits per heavy atom. The highest BCUT2D eigenvalue weighted by Crippen LogP contribution is 2.28. The number of carbonyl (C=O) groups is 1. The summed E-state index contributed by atoms with van der Waals surface area (Å²) in [6.45, 7) is 9.12. The molecule has 0 spiro atoms. The number of furan rings is 1. The lowest BCUT2D eigenvalue weighted by molar-refractivity contribution is 0.0994. The lowest BCUT2D eigenvalue weighted by Gasteiger charge is -2.13. The molecule has 1 aromatic carbocycles. The van der Waals surface area contributed by atoms with Gasteiger partial charge in [0.15, 0.2) is 10.9 Å². The number of nitrogens with zero attached hydrogens (tertiary/aromatic N) is 3. The molecule has 0 N–H and O–H groups in total. The van der Waals surface area contributed by atoms with Crippen LogP contribution in [-0.4, -0.2) is 32.4 Å². The minimum Gasteiger partial charge on any atom is -0.494 e. The van der Waals surface area contributed by atoms with E-state index in [1.54, 1.807) is 18.4 Å². The van der Waals surface area contributed by atoms with Crippen LogP contribution in [0.1, 0.15) is 55.6 Å². The Balaban J connectivity index is 1.77. The van der Waals surface area contributed by atoms with Crippen molar-refractivity contribution < 1.29 is 13.9 Å². The number of hydrogen-bond donors (Lipinski definition) is 0. The van der Waals surface area contributed by atoms with Crippen molar-refractivity contribution in [2.45, 2.75) is 50.6 Å². The summed E-state index contributed by atoms with van der Waals surface area (Å²) in [6, 6.07) is 11.0. The quantitative estimate of drug-likeness (QED) is 0.380. The summed E-state index contributed by atoms with van der Waals surface area (Å²) in [5.74, 6) is 2.73. The number of benzene rings is 1. The third-order valence-corrected chi connectivity index (χ3v) is 5.34. The van der Waals surface area contributed by atoms with Crippen molar-refractivity contribution in [3.63, 3.8) is 0 Å². The maximum Gasteiger partial charge on any atom is 0.192 e. The third kappa shape index (κ3) is 4.65. The van der Waals surface area contributed by atoms with E-state index in [1.807, 2.05) is 42.7 Å². The van der Waals surface area contributed by atoms with E-state index in [0.29, 0.717) is 23.9 Å². The van der Waals surface area contributed by atoms with E-state index in [9.17, 15) is 4.79 Å². The zero-order valence-electron chi connectivity index (χ0n) is 16.6. The third-order valence-electron chi connectivity index (χ3n) is 4.26. The average molecular weight is 400 g/mol. The van der Waals surface area contributed by atoms with E-state index in [0.717, 1.165) is 17.3 Å². The number of hydrogen-bond acceptors (Lipinski definition) is 6. The Morgan fingerprint density at radius 2 is 1.93 bits per heavy atom. The van der Waals surface area contributed by atoms with Crippen molar-refractivity contribution >= 4 is 17.5 Å². The molecule has 0 fully saturated rings. The van der Waals surface area contributed by atoms with Gasteiger partial charge in [-0.2, -0.15) is 0 Å². The Bertz CT molecular complexity index is 902. The van der Waals surface area contributed by atoms with Crippen molar-refractivity contribution in [1.82, 2.24) is 14.8 Å². The normalized spacial score (nSPS) is 12.3. The van der Waals surface area contributed by atoms with Gasteiger partial charge in [-0.3, -0.25) is 9.36 Å². The second-order valence-corrected chi connectivity index (χ2v) is 8.05. The van der Waals surface area contributed by atoms with Crippen LogP contribution in [0.2, 0.25) is 0 Å². The van der Waals surface area contributed by atoms with Gasteiger partial charge < -0.3 is 9.15 Å². The topological polar surface area (TPSA) is 70.2 Å². The van der Waals surface area contributed by atoms with E-state index in [4.69, 9.17) is 9.15 Å². The fraction of sp³-hybridized carbons (Fsp3) is 0.381. The van der Waals surface area contributed by atoms with Gasteiger partial charge in [-0.15, -0.1) is 10.2 Å². The smallest absolute Gasteiger partial charge is 0.192 e. The molecule has 0 radical (unpaired) electrons. The Morgan fingerprint density at radius 1 is 1.18 bits per heavy atom. The molecule has 0 amide bonds. The van der Waals surface area contributed by atoms with Gasteiger partial charge >= 0.3 is 0 Å². The van der Waals surface area contributed by atoms with Gasteiger partial charge in [0.25, 0.3) is 0 Å². The van der Waals surface area contributed by atoms with Gasteiger partial charge in [0.05, 0.1) is 24.7 Å². The molecule has 28 heavy (non-hydrogen) atoms. The standard InChI is InChI=1S/C21H25N3O3S/c1-5-26-17-10-8-16(9-11-17)19(25)15(4)28-21-23-22-20(14(2)3)24(21)13-18-7-6-12-27-18/h6-12,14-15H,5,13H2,1-4H3. The summed E-state index contributed by atoms with van der Waals surface area (Å²) in [4.78, 5) is 12.8. The lowest BCUT2D eigenvalue weighted by atomic mass is 10.1. The number of aromatic nitrogens is 3. The number of ether oxygens (including phenoxy) is 1. The molecule has 6 nitrogen and oxygen atoms in total. The molecule has 1 unspecified atom stereocenters. The van der Waals surface area contributed by atoms with Gasteiger partial charge in [-0.25, -0.2) is 0 Å². The molecule has 0 aliphatic heterocycles. The highest BCUT2D eigenvalue weighted by Gasteiger charge is 2.22. The largest absolute Gasteiger partial charge is 0.494 e. The van der Waals surface area contributed by atoms with Crippen LogP contribution >= 0.6 is 11.8 Å². The molecule has 2 heterocycles. The Kier molecular flexibility index (Phi) is 6.57. The SMILES string of the molecule is CCOc1ccc(C(=O)C(C)Sc2nnc(C(C)C)n2Cc2ccco2)cc1. The number of thioether (sulfide) groups is 1. The lowest BCUT2D eigenvalue weighted by Crippen LogP contribution is -2.15. The summed E-state index contributed by atoms with van der Waals surface area (Å²) >= 11 is 1.41. The summed E-state index contributed by atoms with van der Waals surface area (Å²) < 4.78 is 12.9. The van der Waals surface area contributed by atoms with Crippen LogP contribution in [0.5, 0.6) is 5.75 Å². The first-order valence-electron chi connectivity index (χ1n) is 9.38. The van der Waals surface area contributed by atoms with E-state index in [-0.39, 0.29) is 17.0 Å².